The van der Waals surface area contributed by atoms with Crippen molar-refractivity contribution in [1.29, 1.82) is 0 Å². The van der Waals surface area contributed by atoms with Crippen LogP contribution in [0, 0.1) is 11.8 Å². The number of amides is 1. The molecule has 172 valence electrons. The number of benzene rings is 2. The number of nitrogens with one attached hydrogen (secondary N) is 1. The Hall–Kier alpha value is -3.19. The van der Waals surface area contributed by atoms with Crippen LogP contribution in [0.2, 0.25) is 0 Å². The first-order chi connectivity index (χ1) is 15.4. The minimum atomic E-state index is -0.816. The Morgan fingerprint density at radius 3 is 2.16 bits per heavy atom. The van der Waals surface area contributed by atoms with E-state index in [9.17, 15) is 14.4 Å². The van der Waals surface area contributed by atoms with Crippen LogP contribution in [-0.2, 0) is 20.8 Å². The summed E-state index contributed by atoms with van der Waals surface area (Å²) < 4.78 is 5.42. The van der Waals surface area contributed by atoms with Gasteiger partial charge in [-0.2, -0.15) is 0 Å². The van der Waals surface area contributed by atoms with Crippen molar-refractivity contribution in [3.8, 4) is 5.75 Å². The highest BCUT2D eigenvalue weighted by atomic mass is 16.5. The van der Waals surface area contributed by atoms with E-state index in [0.29, 0.717) is 24.6 Å². The summed E-state index contributed by atoms with van der Waals surface area (Å²) in [6.07, 6.45) is 4.25. The highest BCUT2D eigenvalue weighted by Crippen LogP contribution is 2.29. The van der Waals surface area contributed by atoms with Gasteiger partial charge in [-0.1, -0.05) is 30.3 Å². The molecule has 2 aromatic rings. The zero-order valence-electron chi connectivity index (χ0n) is 18.5. The fraction of sp³-hybridized carbons (Fsp3) is 0.400. The Labute approximate surface area is 189 Å². The van der Waals surface area contributed by atoms with E-state index in [0.717, 1.165) is 36.9 Å². The fourth-order valence-electron chi connectivity index (χ4n) is 3.53. The van der Waals surface area contributed by atoms with Gasteiger partial charge in [0.05, 0.1) is 5.92 Å². The van der Waals surface area contributed by atoms with Gasteiger partial charge in [0.2, 0.25) is 5.91 Å². The predicted octanol–water partition coefficient (Wildman–Crippen LogP) is 4.02. The number of rotatable bonds is 7. The summed E-state index contributed by atoms with van der Waals surface area (Å²) in [6.45, 7) is 2.19. The summed E-state index contributed by atoms with van der Waals surface area (Å²) in [6, 6.07) is 16.4. The molecule has 7 nitrogen and oxygen atoms in total. The molecule has 1 saturated carbocycles. The number of carboxylic acids is 1. The van der Waals surface area contributed by atoms with E-state index in [1.807, 2.05) is 30.3 Å². The van der Waals surface area contributed by atoms with Gasteiger partial charge in [0, 0.05) is 19.0 Å². The average Bonchev–Trinajstić information content (AvgIpc) is 2.79. The molecular formula is C25H32N2O5. The van der Waals surface area contributed by atoms with E-state index in [2.05, 4.69) is 5.32 Å². The highest BCUT2D eigenvalue weighted by Gasteiger charge is 2.27. The van der Waals surface area contributed by atoms with Gasteiger partial charge in [-0.3, -0.25) is 14.4 Å². The second kappa shape index (κ2) is 13.3. The number of carboxylic acid groups (broad SMARTS) is 1. The van der Waals surface area contributed by atoms with E-state index in [-0.39, 0.29) is 24.2 Å². The zero-order chi connectivity index (χ0) is 23.3. The minimum absolute atomic E-state index is 0.0329. The summed E-state index contributed by atoms with van der Waals surface area (Å²) in [5.41, 5.74) is 7.42. The number of para-hydroxylation sites is 1. The molecule has 0 atom stereocenters. The van der Waals surface area contributed by atoms with E-state index in [4.69, 9.17) is 15.6 Å². The van der Waals surface area contributed by atoms with Crippen molar-refractivity contribution >= 4 is 23.5 Å². The van der Waals surface area contributed by atoms with Gasteiger partial charge < -0.3 is 20.9 Å². The lowest BCUT2D eigenvalue weighted by Crippen LogP contribution is -2.28. The Balaban J connectivity index is 0.000000303. The standard InChI is InChI=1S/C17H23NO4.C8H9NO/c18-11-13-1-6-14(7-2-13)17(21)22-15-8-3-12(4-9-15)5-10-16(19)20;1-7(10)9-8-5-3-2-4-6-8/h3-4,8-9,13-14H,1-2,5-7,10-11,18H2,(H,19,20);2-6H,1H3,(H,9,10)/t13-,14-;. The van der Waals surface area contributed by atoms with Crippen LogP contribution in [0.5, 0.6) is 5.75 Å². The van der Waals surface area contributed by atoms with Gasteiger partial charge in [0.15, 0.2) is 0 Å². The van der Waals surface area contributed by atoms with Crippen LogP contribution in [0.15, 0.2) is 54.6 Å². The third-order valence-electron chi connectivity index (χ3n) is 5.38. The molecule has 4 N–H and O–H groups in total. The summed E-state index contributed by atoms with van der Waals surface area (Å²) in [4.78, 5) is 33.2. The van der Waals surface area contributed by atoms with Crippen molar-refractivity contribution in [3.05, 3.63) is 60.2 Å². The lowest BCUT2D eigenvalue weighted by atomic mass is 9.82. The number of carbonyl (C=O) groups is 3. The van der Waals surface area contributed by atoms with Crippen LogP contribution in [0.1, 0.15) is 44.6 Å². The van der Waals surface area contributed by atoms with Gasteiger partial charge in [-0.15, -0.1) is 0 Å². The van der Waals surface area contributed by atoms with Crippen molar-refractivity contribution < 1.29 is 24.2 Å². The fourth-order valence-corrected chi connectivity index (χ4v) is 3.53. The normalized spacial score (nSPS) is 17.4. The first-order valence-corrected chi connectivity index (χ1v) is 10.9. The molecule has 7 heteroatoms. The Kier molecular flexibility index (Phi) is 10.4. The molecule has 0 spiro atoms. The molecule has 0 heterocycles. The second-order valence-electron chi connectivity index (χ2n) is 7.96. The quantitative estimate of drug-likeness (QED) is 0.442. The number of carbonyl (C=O) groups excluding carboxylic acids is 2. The number of aliphatic carboxylic acids is 1. The van der Waals surface area contributed by atoms with Crippen LogP contribution in [-0.4, -0.2) is 29.5 Å². The van der Waals surface area contributed by atoms with Crippen molar-refractivity contribution in [2.75, 3.05) is 11.9 Å². The molecule has 1 aliphatic carbocycles. The number of anilines is 1. The van der Waals surface area contributed by atoms with Crippen molar-refractivity contribution in [3.63, 3.8) is 0 Å². The molecule has 1 aliphatic rings. The number of esters is 1. The molecule has 32 heavy (non-hydrogen) atoms. The van der Waals surface area contributed by atoms with E-state index < -0.39 is 5.97 Å². The third kappa shape index (κ3) is 9.31. The number of hydrogen-bond donors (Lipinski definition) is 3. The van der Waals surface area contributed by atoms with E-state index in [1.54, 1.807) is 24.3 Å². The monoisotopic (exact) mass is 440 g/mol. The number of aryl methyl sites for hydroxylation is 1. The lowest BCUT2D eigenvalue weighted by molar-refractivity contribution is -0.140. The Bertz CT molecular complexity index is 860. The summed E-state index contributed by atoms with van der Waals surface area (Å²) in [5, 5.41) is 11.3. The first kappa shape index (κ1) is 25.1. The van der Waals surface area contributed by atoms with Crippen LogP contribution in [0.3, 0.4) is 0 Å². The van der Waals surface area contributed by atoms with E-state index in [1.165, 1.54) is 6.92 Å². The van der Waals surface area contributed by atoms with E-state index >= 15 is 0 Å². The molecule has 0 aromatic heterocycles. The van der Waals surface area contributed by atoms with Crippen molar-refractivity contribution in [2.24, 2.45) is 17.6 Å². The summed E-state index contributed by atoms with van der Waals surface area (Å²) >= 11 is 0. The van der Waals surface area contributed by atoms with Crippen LogP contribution >= 0.6 is 0 Å². The summed E-state index contributed by atoms with van der Waals surface area (Å²) in [7, 11) is 0. The largest absolute Gasteiger partial charge is 0.481 e. The third-order valence-corrected chi connectivity index (χ3v) is 5.38. The molecule has 2 aromatic carbocycles. The maximum atomic E-state index is 12.1. The van der Waals surface area contributed by atoms with Crippen LogP contribution in [0.25, 0.3) is 0 Å². The van der Waals surface area contributed by atoms with Crippen LogP contribution < -0.4 is 15.8 Å². The minimum Gasteiger partial charge on any atom is -0.481 e. The number of hydrogen-bond acceptors (Lipinski definition) is 5. The van der Waals surface area contributed by atoms with Gasteiger partial charge in [-0.05, 0) is 74.4 Å². The number of ether oxygens (including phenoxy) is 1. The predicted molar refractivity (Wildman–Crippen MR) is 123 cm³/mol. The maximum absolute atomic E-state index is 12.1. The smallest absolute Gasteiger partial charge is 0.314 e. The molecule has 1 fully saturated rings. The highest BCUT2D eigenvalue weighted by molar-refractivity contribution is 5.88. The second-order valence-corrected chi connectivity index (χ2v) is 7.96. The van der Waals surface area contributed by atoms with Gasteiger partial charge in [-0.25, -0.2) is 0 Å². The molecule has 0 aliphatic heterocycles. The Morgan fingerprint density at radius 2 is 1.62 bits per heavy atom. The molecule has 3 rings (SSSR count). The lowest BCUT2D eigenvalue weighted by Gasteiger charge is -2.26. The molecule has 0 unspecified atom stereocenters. The van der Waals surface area contributed by atoms with Crippen molar-refractivity contribution in [1.82, 2.24) is 0 Å². The zero-order valence-corrected chi connectivity index (χ0v) is 18.5. The molecule has 1 amide bonds. The topological polar surface area (TPSA) is 119 Å². The van der Waals surface area contributed by atoms with Crippen molar-refractivity contribution in [2.45, 2.75) is 45.4 Å². The molecule has 0 bridgehead atoms. The summed E-state index contributed by atoms with van der Waals surface area (Å²) in [5.74, 6) is 0.000577. The molecular weight excluding hydrogens is 408 g/mol. The van der Waals surface area contributed by atoms with Gasteiger partial charge in [0.25, 0.3) is 0 Å². The first-order valence-electron chi connectivity index (χ1n) is 10.9. The molecule has 0 radical (unpaired) electrons. The SMILES string of the molecule is CC(=O)Nc1ccccc1.NC[C@H]1CC[C@H](C(=O)Oc2ccc(CCC(=O)O)cc2)CC1. The van der Waals surface area contributed by atoms with Crippen LogP contribution in [0.4, 0.5) is 5.69 Å². The molecule has 0 saturated heterocycles. The number of nitrogens with two attached hydrogens (primary N) is 1. The maximum Gasteiger partial charge on any atom is 0.314 e. The van der Waals surface area contributed by atoms with Gasteiger partial charge >= 0.3 is 11.9 Å². The van der Waals surface area contributed by atoms with Gasteiger partial charge in [0.1, 0.15) is 5.75 Å². The Morgan fingerprint density at radius 1 is 1.00 bits per heavy atom. The average molecular weight is 441 g/mol.